The summed E-state index contributed by atoms with van der Waals surface area (Å²) in [5.41, 5.74) is 3.53. The normalized spacial score (nSPS) is 10.2. The van der Waals surface area contributed by atoms with Gasteiger partial charge in [0.1, 0.15) is 17.2 Å². The van der Waals surface area contributed by atoms with Gasteiger partial charge in [0, 0.05) is 11.3 Å². The number of rotatable bonds is 5. The lowest BCUT2D eigenvalue weighted by Crippen LogP contribution is -2.12. The fraction of sp³-hybridized carbons (Fsp3) is 0.500. The maximum atomic E-state index is 8.71. The van der Waals surface area contributed by atoms with Crippen LogP contribution in [0.3, 0.4) is 0 Å². The number of nitrogen functional groups attached to an aromatic ring is 1. The Morgan fingerprint density at radius 1 is 1.57 bits per heavy atom. The number of nitrogens with two attached hydrogens (primary N) is 1. The number of aromatic nitrogens is 2. The smallest absolute Gasteiger partial charge is 0.147 e. The van der Waals surface area contributed by atoms with Crippen molar-refractivity contribution in [3.05, 3.63) is 11.9 Å². The van der Waals surface area contributed by atoms with E-state index in [-0.39, 0.29) is 6.61 Å². The highest BCUT2D eigenvalue weighted by Gasteiger charge is 2.08. The van der Waals surface area contributed by atoms with Crippen molar-refractivity contribution in [1.82, 2.24) is 9.97 Å². The molecule has 0 radical (unpaired) electrons. The Bertz CT molecular complexity index is 295. The first kappa shape index (κ1) is 11.2. The van der Waals surface area contributed by atoms with Crippen LogP contribution < -0.4 is 11.3 Å². The Kier molecular flexibility index (Phi) is 4.64. The largest absolute Gasteiger partial charge is 0.396 e. The van der Waals surface area contributed by atoms with Crippen LogP contribution in [0.15, 0.2) is 11.4 Å². The number of thioether (sulfide) groups is 1. The van der Waals surface area contributed by atoms with Gasteiger partial charge >= 0.3 is 0 Å². The second kappa shape index (κ2) is 5.79. The summed E-state index contributed by atoms with van der Waals surface area (Å²) in [6, 6.07) is 0. The molecule has 14 heavy (non-hydrogen) atoms. The maximum absolute atomic E-state index is 8.71. The van der Waals surface area contributed by atoms with Gasteiger partial charge in [0.05, 0.1) is 6.61 Å². The third-order valence-electron chi connectivity index (χ3n) is 1.73. The molecule has 78 valence electrons. The molecule has 0 aromatic carbocycles. The molecule has 1 rings (SSSR count). The molecular weight excluding hydrogens is 200 g/mol. The summed E-state index contributed by atoms with van der Waals surface area (Å²) in [4.78, 5) is 8.15. The molecule has 0 aliphatic carbocycles. The molecule has 0 unspecified atom stereocenters. The van der Waals surface area contributed by atoms with Crippen molar-refractivity contribution in [2.24, 2.45) is 5.84 Å². The van der Waals surface area contributed by atoms with Crippen LogP contribution >= 0.6 is 11.8 Å². The average Bonchev–Trinajstić information content (AvgIpc) is 2.25. The van der Waals surface area contributed by atoms with E-state index >= 15 is 0 Å². The Morgan fingerprint density at radius 2 is 2.36 bits per heavy atom. The molecule has 4 N–H and O–H groups in total. The molecule has 1 heterocycles. The molecule has 5 nitrogen and oxygen atoms in total. The van der Waals surface area contributed by atoms with E-state index < -0.39 is 0 Å². The van der Waals surface area contributed by atoms with Gasteiger partial charge in [-0.1, -0.05) is 6.92 Å². The van der Waals surface area contributed by atoms with Crippen molar-refractivity contribution >= 4 is 17.6 Å². The van der Waals surface area contributed by atoms with Crippen LogP contribution in [0.25, 0.3) is 0 Å². The molecule has 0 fully saturated rings. The van der Waals surface area contributed by atoms with Crippen molar-refractivity contribution in [3.8, 4) is 0 Å². The first-order valence-electron chi connectivity index (χ1n) is 4.37. The van der Waals surface area contributed by atoms with E-state index in [1.165, 1.54) is 18.1 Å². The van der Waals surface area contributed by atoms with E-state index in [9.17, 15) is 0 Å². The summed E-state index contributed by atoms with van der Waals surface area (Å²) < 4.78 is 0. The van der Waals surface area contributed by atoms with Gasteiger partial charge in [-0.25, -0.2) is 15.8 Å². The highest BCUT2D eigenvalue weighted by molar-refractivity contribution is 7.99. The minimum atomic E-state index is 0.142. The molecule has 1 aromatic heterocycles. The van der Waals surface area contributed by atoms with Crippen molar-refractivity contribution < 1.29 is 5.11 Å². The zero-order valence-electron chi connectivity index (χ0n) is 8.03. The number of hydrogen-bond acceptors (Lipinski definition) is 6. The number of hydrazine groups is 1. The first-order valence-corrected chi connectivity index (χ1v) is 5.36. The van der Waals surface area contributed by atoms with E-state index in [4.69, 9.17) is 10.9 Å². The quantitative estimate of drug-likeness (QED) is 0.285. The highest BCUT2D eigenvalue weighted by atomic mass is 32.2. The monoisotopic (exact) mass is 214 g/mol. The van der Waals surface area contributed by atoms with Crippen molar-refractivity contribution in [2.75, 3.05) is 17.8 Å². The maximum Gasteiger partial charge on any atom is 0.147 e. The SMILES string of the molecule is CCc1c(NN)ncnc1SCCO. The lowest BCUT2D eigenvalue weighted by molar-refractivity contribution is 0.322. The summed E-state index contributed by atoms with van der Waals surface area (Å²) in [6.07, 6.45) is 2.28. The standard InChI is InChI=1S/C8H14N4OS/c1-2-6-7(12-9)10-5-11-8(6)14-4-3-13/h5,13H,2-4,9H2,1H3,(H,10,11,12). The molecule has 0 atom stereocenters. The number of nitrogens with one attached hydrogen (secondary N) is 1. The van der Waals surface area contributed by atoms with E-state index in [0.717, 1.165) is 17.0 Å². The first-order chi connectivity index (χ1) is 6.83. The minimum Gasteiger partial charge on any atom is -0.396 e. The van der Waals surface area contributed by atoms with Gasteiger partial charge in [-0.15, -0.1) is 11.8 Å². The number of aliphatic hydroxyl groups is 1. The van der Waals surface area contributed by atoms with Crippen molar-refractivity contribution in [3.63, 3.8) is 0 Å². The number of hydrogen-bond donors (Lipinski definition) is 3. The van der Waals surface area contributed by atoms with E-state index in [1.54, 1.807) is 0 Å². The van der Waals surface area contributed by atoms with Crippen LogP contribution in [-0.4, -0.2) is 27.4 Å². The second-order valence-corrected chi connectivity index (χ2v) is 3.66. The van der Waals surface area contributed by atoms with Gasteiger partial charge in [0.2, 0.25) is 0 Å². The molecule has 0 aliphatic rings. The minimum absolute atomic E-state index is 0.142. The fourth-order valence-electron chi connectivity index (χ4n) is 1.11. The third kappa shape index (κ3) is 2.57. The van der Waals surface area contributed by atoms with Gasteiger partial charge in [0.25, 0.3) is 0 Å². The van der Waals surface area contributed by atoms with Crippen LogP contribution in [0.5, 0.6) is 0 Å². The van der Waals surface area contributed by atoms with Gasteiger partial charge < -0.3 is 10.5 Å². The molecule has 0 aliphatic heterocycles. The predicted octanol–water partition coefficient (Wildman–Crippen LogP) is 0.409. The second-order valence-electron chi connectivity index (χ2n) is 2.58. The van der Waals surface area contributed by atoms with Crippen molar-refractivity contribution in [1.29, 1.82) is 0 Å². The summed E-state index contributed by atoms with van der Waals surface area (Å²) in [5, 5.41) is 9.59. The summed E-state index contributed by atoms with van der Waals surface area (Å²) in [6.45, 7) is 2.16. The average molecular weight is 214 g/mol. The van der Waals surface area contributed by atoms with Gasteiger partial charge in [0.15, 0.2) is 0 Å². The van der Waals surface area contributed by atoms with Crippen LogP contribution in [0.2, 0.25) is 0 Å². The zero-order valence-corrected chi connectivity index (χ0v) is 8.84. The Hall–Kier alpha value is -0.850. The third-order valence-corrected chi connectivity index (χ3v) is 2.74. The highest BCUT2D eigenvalue weighted by Crippen LogP contribution is 2.24. The molecule has 0 saturated heterocycles. The van der Waals surface area contributed by atoms with E-state index in [0.29, 0.717) is 11.6 Å². The Labute approximate surface area is 87.1 Å². The van der Waals surface area contributed by atoms with Gasteiger partial charge in [-0.2, -0.15) is 0 Å². The predicted molar refractivity (Wildman–Crippen MR) is 57.0 cm³/mol. The lowest BCUT2D eigenvalue weighted by atomic mass is 10.2. The summed E-state index contributed by atoms with van der Waals surface area (Å²) in [7, 11) is 0. The van der Waals surface area contributed by atoms with E-state index in [2.05, 4.69) is 15.4 Å². The summed E-state index contributed by atoms with van der Waals surface area (Å²) in [5.74, 6) is 6.61. The fourth-order valence-corrected chi connectivity index (χ4v) is 1.93. The van der Waals surface area contributed by atoms with Gasteiger partial charge in [-0.05, 0) is 6.42 Å². The lowest BCUT2D eigenvalue weighted by Gasteiger charge is -2.09. The van der Waals surface area contributed by atoms with Crippen LogP contribution in [-0.2, 0) is 6.42 Å². The topological polar surface area (TPSA) is 84.1 Å². The van der Waals surface area contributed by atoms with Gasteiger partial charge in [-0.3, -0.25) is 0 Å². The molecule has 0 amide bonds. The van der Waals surface area contributed by atoms with Crippen LogP contribution in [0.1, 0.15) is 12.5 Å². The van der Waals surface area contributed by atoms with Crippen LogP contribution in [0, 0.1) is 0 Å². The molecule has 0 saturated carbocycles. The molecule has 0 bridgehead atoms. The molecular formula is C8H14N4OS. The molecule has 1 aromatic rings. The number of aliphatic hydroxyl groups excluding tert-OH is 1. The summed E-state index contributed by atoms with van der Waals surface area (Å²) >= 11 is 1.50. The molecule has 6 heteroatoms. The Balaban J connectivity index is 2.90. The number of anilines is 1. The Morgan fingerprint density at radius 3 is 2.93 bits per heavy atom. The zero-order chi connectivity index (χ0) is 10.4. The van der Waals surface area contributed by atoms with E-state index in [1.807, 2.05) is 6.92 Å². The molecule has 0 spiro atoms. The van der Waals surface area contributed by atoms with Crippen LogP contribution in [0.4, 0.5) is 5.82 Å². The number of nitrogens with zero attached hydrogens (tertiary/aromatic N) is 2. The van der Waals surface area contributed by atoms with Crippen molar-refractivity contribution in [2.45, 2.75) is 18.4 Å².